The van der Waals surface area contributed by atoms with Gasteiger partial charge in [0.2, 0.25) is 0 Å². The first-order valence-electron chi connectivity index (χ1n) is 7.40. The Kier molecular flexibility index (Phi) is 12.0. The third kappa shape index (κ3) is 8.35. The fourth-order valence-electron chi connectivity index (χ4n) is 2.13. The number of nitrogens with zero attached hydrogens (tertiary/aromatic N) is 2. The van der Waals surface area contributed by atoms with Crippen LogP contribution >= 0.6 is 24.8 Å². The smallest absolute Gasteiger partial charge is 0.335 e. The molecule has 1 fully saturated rings. The molecule has 3 N–H and O–H groups in total. The van der Waals surface area contributed by atoms with Gasteiger partial charge in [-0.05, 0) is 30.7 Å². The van der Waals surface area contributed by atoms with Crippen LogP contribution in [0.5, 0.6) is 0 Å². The first-order chi connectivity index (χ1) is 10.8. The zero-order valence-corrected chi connectivity index (χ0v) is 14.9. The van der Waals surface area contributed by atoms with Gasteiger partial charge in [0.25, 0.3) is 0 Å². The molecular formula is C15H24Cl2N4O3. The highest BCUT2D eigenvalue weighted by Crippen LogP contribution is 2.08. The van der Waals surface area contributed by atoms with Gasteiger partial charge in [-0.3, -0.25) is 4.90 Å². The minimum Gasteiger partial charge on any atom is -0.478 e. The topological polar surface area (TPSA) is 86.2 Å². The zero-order valence-electron chi connectivity index (χ0n) is 13.3. The second kappa shape index (κ2) is 12.8. The van der Waals surface area contributed by atoms with Gasteiger partial charge in [-0.2, -0.15) is 5.10 Å². The fourth-order valence-corrected chi connectivity index (χ4v) is 2.13. The van der Waals surface area contributed by atoms with E-state index in [9.17, 15) is 4.79 Å². The Morgan fingerprint density at radius 3 is 2.54 bits per heavy atom. The molecule has 0 saturated carbocycles. The minimum atomic E-state index is -0.929. The number of carboxylic acid groups (broad SMARTS) is 1. The highest BCUT2D eigenvalue weighted by molar-refractivity contribution is 5.88. The molecule has 0 radical (unpaired) electrons. The Bertz CT molecular complexity index is 494. The van der Waals surface area contributed by atoms with Gasteiger partial charge in [-0.25, -0.2) is 4.79 Å². The molecular weight excluding hydrogens is 355 g/mol. The fraction of sp³-hybridized carbons (Fsp3) is 0.467. The number of morpholine rings is 1. The second-order valence-electron chi connectivity index (χ2n) is 5.00. The Balaban J connectivity index is 0.00000264. The normalized spacial score (nSPS) is 14.5. The minimum absolute atomic E-state index is 0. The number of hydrazone groups is 1. The third-order valence-corrected chi connectivity index (χ3v) is 3.39. The molecule has 1 aliphatic heterocycles. The SMILES string of the molecule is Cl.Cl.O=C(O)c1ccc(NC=NNCCCN2CCOCC2)cc1. The molecule has 24 heavy (non-hydrogen) atoms. The summed E-state index contributed by atoms with van der Waals surface area (Å²) in [6.45, 7) is 5.55. The second-order valence-corrected chi connectivity index (χ2v) is 5.00. The standard InChI is InChI=1S/C15H22N4O3.2ClH/c20-15(21)13-2-4-14(5-3-13)16-12-18-17-6-1-7-19-8-10-22-11-9-19;;/h2-5,12,17H,1,6-11H2,(H,16,18)(H,20,21);2*1H. The van der Waals surface area contributed by atoms with Crippen molar-refractivity contribution in [3.05, 3.63) is 29.8 Å². The van der Waals surface area contributed by atoms with Crippen molar-refractivity contribution in [1.29, 1.82) is 0 Å². The van der Waals surface area contributed by atoms with Crippen LogP contribution < -0.4 is 10.7 Å². The lowest BCUT2D eigenvalue weighted by molar-refractivity contribution is 0.0375. The average Bonchev–Trinajstić information content (AvgIpc) is 2.55. The number of hydrogen-bond acceptors (Lipinski definition) is 5. The van der Waals surface area contributed by atoms with Crippen molar-refractivity contribution in [3.8, 4) is 0 Å². The van der Waals surface area contributed by atoms with Crippen molar-refractivity contribution >= 4 is 42.8 Å². The van der Waals surface area contributed by atoms with Crippen molar-refractivity contribution in [2.75, 3.05) is 44.7 Å². The van der Waals surface area contributed by atoms with E-state index in [0.29, 0.717) is 0 Å². The molecule has 0 spiro atoms. The molecule has 7 nitrogen and oxygen atoms in total. The highest BCUT2D eigenvalue weighted by Gasteiger charge is 2.08. The molecule has 0 unspecified atom stereocenters. The summed E-state index contributed by atoms with van der Waals surface area (Å²) in [6, 6.07) is 6.50. The summed E-state index contributed by atoms with van der Waals surface area (Å²) >= 11 is 0. The van der Waals surface area contributed by atoms with Crippen molar-refractivity contribution in [2.45, 2.75) is 6.42 Å². The molecule has 0 aliphatic carbocycles. The summed E-state index contributed by atoms with van der Waals surface area (Å²) in [6.07, 6.45) is 2.59. The molecule has 0 amide bonds. The maximum Gasteiger partial charge on any atom is 0.335 e. The molecule has 1 aromatic carbocycles. The monoisotopic (exact) mass is 378 g/mol. The van der Waals surface area contributed by atoms with Gasteiger partial charge in [-0.15, -0.1) is 24.8 Å². The van der Waals surface area contributed by atoms with Crippen LogP contribution in [0.3, 0.4) is 0 Å². The molecule has 0 aromatic heterocycles. The highest BCUT2D eigenvalue weighted by atomic mass is 35.5. The largest absolute Gasteiger partial charge is 0.478 e. The lowest BCUT2D eigenvalue weighted by Gasteiger charge is -2.26. The number of rotatable bonds is 8. The number of hydrogen-bond donors (Lipinski definition) is 3. The van der Waals surface area contributed by atoms with E-state index in [0.717, 1.165) is 51.5 Å². The van der Waals surface area contributed by atoms with Crippen LogP contribution in [0.1, 0.15) is 16.8 Å². The van der Waals surface area contributed by atoms with Gasteiger partial charge < -0.3 is 20.6 Å². The van der Waals surface area contributed by atoms with Crippen molar-refractivity contribution < 1.29 is 14.6 Å². The van der Waals surface area contributed by atoms with E-state index in [1.807, 2.05) is 0 Å². The number of nitrogens with one attached hydrogen (secondary N) is 2. The van der Waals surface area contributed by atoms with Gasteiger partial charge in [0.1, 0.15) is 6.34 Å². The first-order valence-corrected chi connectivity index (χ1v) is 7.40. The van der Waals surface area contributed by atoms with Gasteiger partial charge in [-0.1, -0.05) is 0 Å². The van der Waals surface area contributed by atoms with E-state index in [4.69, 9.17) is 9.84 Å². The molecule has 1 aromatic rings. The summed E-state index contributed by atoms with van der Waals surface area (Å²) in [4.78, 5) is 13.1. The molecule has 1 heterocycles. The Hall–Kier alpha value is -1.54. The first kappa shape index (κ1) is 22.5. The molecule has 2 rings (SSSR count). The molecule has 136 valence electrons. The van der Waals surface area contributed by atoms with Crippen LogP contribution in [-0.2, 0) is 4.74 Å². The molecule has 0 atom stereocenters. The Labute approximate surface area is 154 Å². The summed E-state index contributed by atoms with van der Waals surface area (Å²) < 4.78 is 5.30. The number of carbonyl (C=O) groups is 1. The van der Waals surface area contributed by atoms with Gasteiger partial charge in [0.15, 0.2) is 0 Å². The average molecular weight is 379 g/mol. The van der Waals surface area contributed by atoms with E-state index < -0.39 is 5.97 Å². The summed E-state index contributed by atoms with van der Waals surface area (Å²) in [5.74, 6) is -0.929. The van der Waals surface area contributed by atoms with E-state index in [1.54, 1.807) is 30.6 Å². The van der Waals surface area contributed by atoms with Crippen LogP contribution in [-0.4, -0.2) is 61.7 Å². The van der Waals surface area contributed by atoms with Crippen LogP contribution in [0.2, 0.25) is 0 Å². The number of benzene rings is 1. The van der Waals surface area contributed by atoms with Gasteiger partial charge in [0, 0.05) is 31.9 Å². The quantitative estimate of drug-likeness (QED) is 0.277. The summed E-state index contributed by atoms with van der Waals surface area (Å²) in [5.41, 5.74) is 4.04. The van der Waals surface area contributed by atoms with Gasteiger partial charge in [0.05, 0.1) is 18.8 Å². The lowest BCUT2D eigenvalue weighted by atomic mass is 10.2. The maximum absolute atomic E-state index is 10.7. The molecule has 0 bridgehead atoms. The lowest BCUT2D eigenvalue weighted by Crippen LogP contribution is -2.37. The number of halogens is 2. The van der Waals surface area contributed by atoms with Crippen LogP contribution in [0.25, 0.3) is 0 Å². The van der Waals surface area contributed by atoms with Gasteiger partial charge >= 0.3 is 5.97 Å². The van der Waals surface area contributed by atoms with Crippen molar-refractivity contribution in [1.82, 2.24) is 10.3 Å². The Morgan fingerprint density at radius 1 is 1.25 bits per heavy atom. The predicted molar refractivity (Wildman–Crippen MR) is 99.9 cm³/mol. The van der Waals surface area contributed by atoms with Crippen LogP contribution in [0.4, 0.5) is 5.69 Å². The number of aromatic carboxylic acids is 1. The van der Waals surface area contributed by atoms with E-state index >= 15 is 0 Å². The predicted octanol–water partition coefficient (Wildman–Crippen LogP) is 1.90. The molecule has 1 aliphatic rings. The van der Waals surface area contributed by atoms with E-state index in [-0.39, 0.29) is 30.4 Å². The molecule has 9 heteroatoms. The molecule has 1 saturated heterocycles. The number of ether oxygens (including phenoxy) is 1. The Morgan fingerprint density at radius 2 is 1.92 bits per heavy atom. The zero-order chi connectivity index (χ0) is 15.6. The third-order valence-electron chi connectivity index (χ3n) is 3.39. The number of anilines is 1. The van der Waals surface area contributed by atoms with E-state index in [1.165, 1.54) is 0 Å². The van der Waals surface area contributed by atoms with Crippen LogP contribution in [0.15, 0.2) is 29.4 Å². The van der Waals surface area contributed by atoms with Crippen molar-refractivity contribution in [3.63, 3.8) is 0 Å². The van der Waals surface area contributed by atoms with Crippen LogP contribution in [0, 0.1) is 0 Å². The summed E-state index contributed by atoms with van der Waals surface area (Å²) in [7, 11) is 0. The van der Waals surface area contributed by atoms with Crippen molar-refractivity contribution in [2.24, 2.45) is 5.10 Å². The number of carboxylic acids is 1. The maximum atomic E-state index is 10.7. The van der Waals surface area contributed by atoms with E-state index in [2.05, 4.69) is 20.7 Å². The summed E-state index contributed by atoms with van der Waals surface area (Å²) in [5, 5.41) is 15.8.